The number of rotatable bonds is 1. The summed E-state index contributed by atoms with van der Waals surface area (Å²) in [6, 6.07) is 10.0. The first-order valence-electron chi connectivity index (χ1n) is 8.34. The van der Waals surface area contributed by atoms with Gasteiger partial charge in [-0.1, -0.05) is 18.2 Å². The van der Waals surface area contributed by atoms with Gasteiger partial charge in [-0.2, -0.15) is 5.26 Å². The van der Waals surface area contributed by atoms with Crippen molar-refractivity contribution in [1.29, 1.82) is 5.26 Å². The number of hydrogen-bond donors (Lipinski definition) is 1. The molecule has 1 spiro atoms. The average Bonchev–Trinajstić information content (AvgIpc) is 3.11. The van der Waals surface area contributed by atoms with Crippen molar-refractivity contribution in [1.82, 2.24) is 9.97 Å². The highest BCUT2D eigenvalue weighted by molar-refractivity contribution is 6.07. The minimum atomic E-state index is -0.843. The summed E-state index contributed by atoms with van der Waals surface area (Å²) in [5.41, 5.74) is 2.79. The molecular weight excluding hydrogens is 314 g/mol. The second-order valence-corrected chi connectivity index (χ2v) is 6.84. The molecule has 2 aromatic rings. The van der Waals surface area contributed by atoms with Gasteiger partial charge in [0.05, 0.1) is 12.0 Å². The van der Waals surface area contributed by atoms with Crippen LogP contribution in [0.25, 0.3) is 0 Å². The van der Waals surface area contributed by atoms with Gasteiger partial charge in [0.2, 0.25) is 5.91 Å². The number of fused-ring (bicyclic) bond motifs is 2. The molecule has 0 aliphatic carbocycles. The number of nitrogens with zero attached hydrogens (tertiary/aromatic N) is 4. The number of nitrogens with one attached hydrogen (secondary N) is 1. The zero-order chi connectivity index (χ0) is 17.8. The fourth-order valence-electron chi connectivity index (χ4n) is 4.06. The lowest BCUT2D eigenvalue weighted by Gasteiger charge is -2.25. The van der Waals surface area contributed by atoms with Crippen molar-refractivity contribution in [3.8, 4) is 6.07 Å². The van der Waals surface area contributed by atoms with Crippen LogP contribution in [0, 0.1) is 38.0 Å². The molecule has 25 heavy (non-hydrogen) atoms. The van der Waals surface area contributed by atoms with E-state index in [1.807, 2.05) is 45.0 Å². The molecule has 0 unspecified atom stereocenters. The van der Waals surface area contributed by atoms with Crippen molar-refractivity contribution in [2.75, 3.05) is 23.3 Å². The number of aromatic nitrogens is 2. The Balaban J connectivity index is 1.84. The summed E-state index contributed by atoms with van der Waals surface area (Å²) in [5.74, 6) is 0.997. The number of benzene rings is 1. The average molecular weight is 333 g/mol. The monoisotopic (exact) mass is 333 g/mol. The first kappa shape index (κ1) is 15.6. The van der Waals surface area contributed by atoms with Gasteiger partial charge in [0.15, 0.2) is 0 Å². The summed E-state index contributed by atoms with van der Waals surface area (Å²) >= 11 is 0. The van der Waals surface area contributed by atoms with Gasteiger partial charge in [0.1, 0.15) is 17.1 Å². The third-order valence-electron chi connectivity index (χ3n) is 5.43. The van der Waals surface area contributed by atoms with Crippen molar-refractivity contribution in [2.45, 2.75) is 26.2 Å². The molecule has 2 aliphatic rings. The molecule has 1 fully saturated rings. The molecule has 6 heteroatoms. The van der Waals surface area contributed by atoms with Gasteiger partial charge in [0, 0.05) is 30.0 Å². The van der Waals surface area contributed by atoms with E-state index in [1.165, 1.54) is 0 Å². The molecule has 126 valence electrons. The largest absolute Gasteiger partial charge is 0.353 e. The molecule has 0 radical (unpaired) electrons. The Labute approximate surface area is 146 Å². The number of aryl methyl sites for hydroxylation is 2. The number of carbonyl (C=O) groups excluding carboxylic acids is 1. The summed E-state index contributed by atoms with van der Waals surface area (Å²) in [6.07, 6.45) is 0. The normalized spacial score (nSPS) is 24.3. The van der Waals surface area contributed by atoms with Gasteiger partial charge in [-0.3, -0.25) is 4.79 Å². The van der Waals surface area contributed by atoms with Crippen molar-refractivity contribution in [2.24, 2.45) is 5.92 Å². The second-order valence-electron chi connectivity index (χ2n) is 6.84. The molecule has 2 aliphatic heterocycles. The summed E-state index contributed by atoms with van der Waals surface area (Å²) in [5, 5.41) is 12.7. The van der Waals surface area contributed by atoms with Crippen molar-refractivity contribution in [3.63, 3.8) is 0 Å². The molecule has 1 aromatic carbocycles. The first-order valence-corrected chi connectivity index (χ1v) is 8.34. The maximum Gasteiger partial charge on any atom is 0.238 e. The van der Waals surface area contributed by atoms with Gasteiger partial charge in [-0.25, -0.2) is 9.97 Å². The lowest BCUT2D eigenvalue weighted by atomic mass is 9.74. The van der Waals surface area contributed by atoms with E-state index in [0.717, 1.165) is 28.3 Å². The van der Waals surface area contributed by atoms with E-state index >= 15 is 0 Å². The second kappa shape index (κ2) is 5.28. The highest BCUT2D eigenvalue weighted by atomic mass is 16.2. The molecule has 2 atom stereocenters. The maximum atomic E-state index is 12.9. The summed E-state index contributed by atoms with van der Waals surface area (Å²) in [4.78, 5) is 24.0. The zero-order valence-corrected chi connectivity index (χ0v) is 14.5. The lowest BCUT2D eigenvalue weighted by molar-refractivity contribution is -0.120. The SMILES string of the molecule is Cc1nc(C)c(C)c(N2C[C@@H](C#N)[C@@]3(C2)C(=O)Nc2ccccc23)n1. The Morgan fingerprint density at radius 3 is 2.80 bits per heavy atom. The standard InChI is InChI=1S/C19H19N5O/c1-11-12(2)21-13(3)22-17(11)24-9-14(8-20)19(10-24)15-6-4-5-7-16(15)23-18(19)25/h4-7,14H,9-10H2,1-3H3,(H,23,25)/t14-,19-/m1/s1. The number of hydrogen-bond acceptors (Lipinski definition) is 5. The smallest absolute Gasteiger partial charge is 0.238 e. The van der Waals surface area contributed by atoms with E-state index in [2.05, 4.69) is 26.3 Å². The van der Waals surface area contributed by atoms with Gasteiger partial charge in [0.25, 0.3) is 0 Å². The van der Waals surface area contributed by atoms with Gasteiger partial charge in [-0.15, -0.1) is 0 Å². The Kier molecular flexibility index (Phi) is 3.29. The maximum absolute atomic E-state index is 12.9. The van der Waals surface area contributed by atoms with Crippen LogP contribution in [-0.2, 0) is 10.2 Å². The molecular formula is C19H19N5O. The van der Waals surface area contributed by atoms with E-state index in [9.17, 15) is 10.1 Å². The molecule has 0 saturated carbocycles. The minimum Gasteiger partial charge on any atom is -0.353 e. The van der Waals surface area contributed by atoms with Crippen LogP contribution in [0.1, 0.15) is 22.6 Å². The van der Waals surface area contributed by atoms with Crippen LogP contribution < -0.4 is 10.2 Å². The quantitative estimate of drug-likeness (QED) is 0.865. The van der Waals surface area contributed by atoms with E-state index in [0.29, 0.717) is 18.9 Å². The lowest BCUT2D eigenvalue weighted by Crippen LogP contribution is -2.42. The first-order chi connectivity index (χ1) is 12.0. The van der Waals surface area contributed by atoms with Crippen LogP contribution in [0.3, 0.4) is 0 Å². The summed E-state index contributed by atoms with van der Waals surface area (Å²) < 4.78 is 0. The van der Waals surface area contributed by atoms with Crippen molar-refractivity contribution >= 4 is 17.4 Å². The van der Waals surface area contributed by atoms with E-state index in [-0.39, 0.29) is 5.91 Å². The Morgan fingerprint density at radius 2 is 2.04 bits per heavy atom. The van der Waals surface area contributed by atoms with Crippen LogP contribution in [-0.4, -0.2) is 29.0 Å². The highest BCUT2D eigenvalue weighted by Gasteiger charge is 2.58. The predicted octanol–water partition coefficient (Wildman–Crippen LogP) is 2.25. The molecule has 6 nitrogen and oxygen atoms in total. The van der Waals surface area contributed by atoms with E-state index in [1.54, 1.807) is 0 Å². The molecule has 1 N–H and O–H groups in total. The third kappa shape index (κ3) is 2.05. The number of anilines is 2. The number of nitriles is 1. The van der Waals surface area contributed by atoms with Crippen LogP contribution >= 0.6 is 0 Å². The minimum absolute atomic E-state index is 0.0945. The van der Waals surface area contributed by atoms with Gasteiger partial charge < -0.3 is 10.2 Å². The Hall–Kier alpha value is -2.94. The topological polar surface area (TPSA) is 81.9 Å². The fourth-order valence-corrected chi connectivity index (χ4v) is 4.06. The van der Waals surface area contributed by atoms with Crippen LogP contribution in [0.15, 0.2) is 24.3 Å². The molecule has 0 bridgehead atoms. The molecule has 4 rings (SSSR count). The van der Waals surface area contributed by atoms with E-state index in [4.69, 9.17) is 0 Å². The van der Waals surface area contributed by atoms with Crippen LogP contribution in [0.4, 0.5) is 11.5 Å². The van der Waals surface area contributed by atoms with Crippen molar-refractivity contribution in [3.05, 3.63) is 46.9 Å². The Morgan fingerprint density at radius 1 is 1.28 bits per heavy atom. The zero-order valence-electron chi connectivity index (χ0n) is 14.5. The van der Waals surface area contributed by atoms with Crippen LogP contribution in [0.2, 0.25) is 0 Å². The summed E-state index contributed by atoms with van der Waals surface area (Å²) in [6.45, 7) is 6.73. The highest BCUT2D eigenvalue weighted by Crippen LogP contribution is 2.48. The third-order valence-corrected chi connectivity index (χ3v) is 5.43. The number of para-hydroxylation sites is 1. The van der Waals surface area contributed by atoms with E-state index < -0.39 is 11.3 Å². The molecule has 1 amide bonds. The number of amides is 1. The van der Waals surface area contributed by atoms with Crippen molar-refractivity contribution < 1.29 is 4.79 Å². The summed E-state index contributed by atoms with van der Waals surface area (Å²) in [7, 11) is 0. The number of carbonyl (C=O) groups is 1. The Bertz CT molecular complexity index is 932. The van der Waals surface area contributed by atoms with Crippen LogP contribution in [0.5, 0.6) is 0 Å². The van der Waals surface area contributed by atoms with Gasteiger partial charge in [-0.05, 0) is 32.4 Å². The molecule has 1 saturated heterocycles. The molecule has 1 aromatic heterocycles. The van der Waals surface area contributed by atoms with Gasteiger partial charge >= 0.3 is 0 Å². The fraction of sp³-hybridized carbons (Fsp3) is 0.368. The molecule has 3 heterocycles. The predicted molar refractivity (Wildman–Crippen MR) is 94.3 cm³/mol.